The van der Waals surface area contributed by atoms with Crippen molar-refractivity contribution in [2.75, 3.05) is 14.2 Å². The SMILES string of the molecule is CNC(Cc1ccc(F)cc1)Cc1cccc(OC)c1. The topological polar surface area (TPSA) is 21.3 Å². The highest BCUT2D eigenvalue weighted by molar-refractivity contribution is 5.29. The second-order valence-electron chi connectivity index (χ2n) is 4.87. The number of rotatable bonds is 6. The van der Waals surface area contributed by atoms with E-state index in [2.05, 4.69) is 17.4 Å². The number of likely N-dealkylation sites (N-methyl/N-ethyl adjacent to an activating group) is 1. The first kappa shape index (κ1) is 14.5. The molecule has 0 amide bonds. The van der Waals surface area contributed by atoms with Crippen molar-refractivity contribution in [1.82, 2.24) is 5.32 Å². The van der Waals surface area contributed by atoms with Gasteiger partial charge in [-0.05, 0) is 55.3 Å². The van der Waals surface area contributed by atoms with Crippen LogP contribution in [0.15, 0.2) is 48.5 Å². The van der Waals surface area contributed by atoms with Crippen molar-refractivity contribution in [3.05, 3.63) is 65.5 Å². The highest BCUT2D eigenvalue weighted by atomic mass is 19.1. The van der Waals surface area contributed by atoms with Crippen molar-refractivity contribution >= 4 is 0 Å². The molecule has 0 heterocycles. The molecule has 0 aliphatic carbocycles. The molecule has 0 aromatic heterocycles. The Morgan fingerprint density at radius 3 is 2.40 bits per heavy atom. The molecule has 0 saturated carbocycles. The van der Waals surface area contributed by atoms with Gasteiger partial charge in [-0.25, -0.2) is 4.39 Å². The molecule has 0 radical (unpaired) electrons. The van der Waals surface area contributed by atoms with Crippen LogP contribution in [0.2, 0.25) is 0 Å². The summed E-state index contributed by atoms with van der Waals surface area (Å²) in [6.45, 7) is 0. The number of benzene rings is 2. The van der Waals surface area contributed by atoms with Crippen LogP contribution in [0.25, 0.3) is 0 Å². The van der Waals surface area contributed by atoms with Gasteiger partial charge >= 0.3 is 0 Å². The van der Waals surface area contributed by atoms with Crippen molar-refractivity contribution < 1.29 is 9.13 Å². The summed E-state index contributed by atoms with van der Waals surface area (Å²) in [7, 11) is 3.63. The van der Waals surface area contributed by atoms with E-state index in [9.17, 15) is 4.39 Å². The summed E-state index contributed by atoms with van der Waals surface area (Å²) in [6, 6.07) is 15.1. The summed E-state index contributed by atoms with van der Waals surface area (Å²) in [6.07, 6.45) is 1.78. The van der Waals surface area contributed by atoms with Gasteiger partial charge in [0.25, 0.3) is 0 Å². The normalized spacial score (nSPS) is 12.2. The highest BCUT2D eigenvalue weighted by Crippen LogP contribution is 2.15. The summed E-state index contributed by atoms with van der Waals surface area (Å²) in [5.74, 6) is 0.682. The number of nitrogens with one attached hydrogen (secondary N) is 1. The Bertz CT molecular complexity index is 539. The minimum absolute atomic E-state index is 0.192. The van der Waals surface area contributed by atoms with E-state index in [0.29, 0.717) is 6.04 Å². The second-order valence-corrected chi connectivity index (χ2v) is 4.87. The van der Waals surface area contributed by atoms with Gasteiger partial charge in [-0.1, -0.05) is 24.3 Å². The average Bonchev–Trinajstić information content (AvgIpc) is 2.49. The van der Waals surface area contributed by atoms with Crippen LogP contribution < -0.4 is 10.1 Å². The summed E-state index contributed by atoms with van der Waals surface area (Å²) >= 11 is 0. The van der Waals surface area contributed by atoms with Gasteiger partial charge in [0, 0.05) is 6.04 Å². The molecule has 1 atom stereocenters. The second kappa shape index (κ2) is 7.06. The van der Waals surface area contributed by atoms with E-state index in [-0.39, 0.29) is 5.82 Å². The molecule has 1 unspecified atom stereocenters. The van der Waals surface area contributed by atoms with Crippen molar-refractivity contribution in [2.45, 2.75) is 18.9 Å². The van der Waals surface area contributed by atoms with Crippen molar-refractivity contribution in [3.63, 3.8) is 0 Å². The van der Waals surface area contributed by atoms with Gasteiger partial charge in [0.05, 0.1) is 7.11 Å². The van der Waals surface area contributed by atoms with Crippen LogP contribution in [-0.4, -0.2) is 20.2 Å². The molecule has 2 rings (SSSR count). The Labute approximate surface area is 119 Å². The van der Waals surface area contributed by atoms with Crippen LogP contribution in [0.4, 0.5) is 4.39 Å². The lowest BCUT2D eigenvalue weighted by atomic mass is 9.99. The van der Waals surface area contributed by atoms with Gasteiger partial charge in [-0.2, -0.15) is 0 Å². The lowest BCUT2D eigenvalue weighted by Crippen LogP contribution is -2.29. The van der Waals surface area contributed by atoms with E-state index in [1.54, 1.807) is 7.11 Å². The molecule has 3 heteroatoms. The minimum Gasteiger partial charge on any atom is -0.497 e. The fourth-order valence-corrected chi connectivity index (χ4v) is 2.27. The zero-order valence-corrected chi connectivity index (χ0v) is 11.9. The van der Waals surface area contributed by atoms with Crippen molar-refractivity contribution in [3.8, 4) is 5.75 Å². The summed E-state index contributed by atoms with van der Waals surface area (Å²) in [5, 5.41) is 3.32. The van der Waals surface area contributed by atoms with Crippen LogP contribution in [0.5, 0.6) is 5.75 Å². The number of ether oxygens (including phenoxy) is 1. The Morgan fingerprint density at radius 2 is 1.75 bits per heavy atom. The number of hydrogen-bond donors (Lipinski definition) is 1. The number of methoxy groups -OCH3 is 1. The maximum Gasteiger partial charge on any atom is 0.123 e. The third-order valence-corrected chi connectivity index (χ3v) is 3.42. The largest absolute Gasteiger partial charge is 0.497 e. The molecule has 0 spiro atoms. The molecular weight excluding hydrogens is 253 g/mol. The first-order chi connectivity index (χ1) is 9.71. The monoisotopic (exact) mass is 273 g/mol. The van der Waals surface area contributed by atoms with Gasteiger partial charge in [0.2, 0.25) is 0 Å². The molecule has 0 saturated heterocycles. The Morgan fingerprint density at radius 1 is 1.05 bits per heavy atom. The Balaban J connectivity index is 2.02. The lowest BCUT2D eigenvalue weighted by molar-refractivity contribution is 0.414. The minimum atomic E-state index is -0.192. The van der Waals surface area contributed by atoms with Crippen LogP contribution in [0.3, 0.4) is 0 Å². The molecule has 2 aromatic rings. The van der Waals surface area contributed by atoms with Gasteiger partial charge in [-0.15, -0.1) is 0 Å². The Hall–Kier alpha value is -1.87. The fraction of sp³-hybridized carbons (Fsp3) is 0.294. The quantitative estimate of drug-likeness (QED) is 0.872. The summed E-state index contributed by atoms with van der Waals surface area (Å²) in [4.78, 5) is 0. The molecule has 0 bridgehead atoms. The molecule has 0 aliphatic heterocycles. The predicted molar refractivity (Wildman–Crippen MR) is 79.6 cm³/mol. The van der Waals surface area contributed by atoms with Crippen molar-refractivity contribution in [1.29, 1.82) is 0 Å². The first-order valence-corrected chi connectivity index (χ1v) is 6.76. The third-order valence-electron chi connectivity index (χ3n) is 3.42. The van der Waals surface area contributed by atoms with Gasteiger partial charge in [-0.3, -0.25) is 0 Å². The molecule has 0 aliphatic rings. The van der Waals surface area contributed by atoms with Crippen LogP contribution in [0, 0.1) is 5.82 Å². The van der Waals surface area contributed by atoms with Crippen LogP contribution in [-0.2, 0) is 12.8 Å². The van der Waals surface area contributed by atoms with E-state index in [1.165, 1.54) is 17.7 Å². The molecule has 2 nitrogen and oxygen atoms in total. The number of hydrogen-bond acceptors (Lipinski definition) is 2. The van der Waals surface area contributed by atoms with Gasteiger partial charge in [0.15, 0.2) is 0 Å². The summed E-state index contributed by atoms with van der Waals surface area (Å²) in [5.41, 5.74) is 2.36. The maximum atomic E-state index is 12.9. The van der Waals surface area contributed by atoms with E-state index in [0.717, 1.165) is 24.2 Å². The van der Waals surface area contributed by atoms with E-state index < -0.39 is 0 Å². The van der Waals surface area contributed by atoms with Gasteiger partial charge < -0.3 is 10.1 Å². The summed E-state index contributed by atoms with van der Waals surface area (Å²) < 4.78 is 18.1. The molecule has 20 heavy (non-hydrogen) atoms. The predicted octanol–water partition coefficient (Wildman–Crippen LogP) is 3.21. The zero-order valence-electron chi connectivity index (χ0n) is 11.9. The standard InChI is InChI=1S/C17H20FNO/c1-19-16(10-13-6-8-15(18)9-7-13)11-14-4-3-5-17(12-14)20-2/h3-9,12,16,19H,10-11H2,1-2H3. The number of halogens is 1. The first-order valence-electron chi connectivity index (χ1n) is 6.76. The van der Waals surface area contributed by atoms with E-state index >= 15 is 0 Å². The average molecular weight is 273 g/mol. The van der Waals surface area contributed by atoms with Crippen LogP contribution in [0.1, 0.15) is 11.1 Å². The smallest absolute Gasteiger partial charge is 0.123 e. The van der Waals surface area contributed by atoms with Gasteiger partial charge in [0.1, 0.15) is 11.6 Å². The fourth-order valence-electron chi connectivity index (χ4n) is 2.27. The lowest BCUT2D eigenvalue weighted by Gasteiger charge is -2.17. The Kier molecular flexibility index (Phi) is 5.13. The molecule has 106 valence electrons. The van der Waals surface area contributed by atoms with Crippen LogP contribution >= 0.6 is 0 Å². The molecule has 0 fully saturated rings. The molecule has 1 N–H and O–H groups in total. The maximum absolute atomic E-state index is 12.9. The molecule has 2 aromatic carbocycles. The highest BCUT2D eigenvalue weighted by Gasteiger charge is 2.09. The zero-order chi connectivity index (χ0) is 14.4. The van der Waals surface area contributed by atoms with Crippen molar-refractivity contribution in [2.24, 2.45) is 0 Å². The van der Waals surface area contributed by atoms with E-state index in [4.69, 9.17) is 4.74 Å². The third kappa shape index (κ3) is 4.07. The molecular formula is C17H20FNO. The van der Waals surface area contributed by atoms with E-state index in [1.807, 2.05) is 31.3 Å².